The molecule has 3 rings (SSSR count). The van der Waals surface area contributed by atoms with E-state index in [0.29, 0.717) is 43.8 Å². The second-order valence-corrected chi connectivity index (χ2v) is 10.2. The number of benzene rings is 2. The minimum Gasteiger partial charge on any atom is -0.350 e. The Kier molecular flexibility index (Phi) is 9.34. The van der Waals surface area contributed by atoms with Crippen LogP contribution in [0, 0.1) is 24.2 Å². The van der Waals surface area contributed by atoms with E-state index in [9.17, 15) is 14.9 Å². The summed E-state index contributed by atoms with van der Waals surface area (Å²) in [6, 6.07) is 17.8. The first-order valence-corrected chi connectivity index (χ1v) is 13.0. The maximum Gasteiger partial charge on any atom is 0.243 e. The minimum atomic E-state index is -0.558. The minimum absolute atomic E-state index is 0.0170. The first-order chi connectivity index (χ1) is 16.8. The van der Waals surface area contributed by atoms with Crippen LogP contribution in [-0.4, -0.2) is 29.3 Å². The first-order valence-electron chi connectivity index (χ1n) is 12.6. The van der Waals surface area contributed by atoms with E-state index in [0.717, 1.165) is 29.5 Å². The number of aryl methyl sites for hydroxylation is 1. The normalized spacial score (nSPS) is 17.1. The van der Waals surface area contributed by atoms with E-state index in [1.165, 1.54) is 0 Å². The number of halogens is 1. The van der Waals surface area contributed by atoms with Crippen LogP contribution in [0.25, 0.3) is 0 Å². The van der Waals surface area contributed by atoms with Gasteiger partial charge >= 0.3 is 0 Å². The molecule has 0 aliphatic carbocycles. The number of nitrogens with one attached hydrogen (secondary N) is 1. The van der Waals surface area contributed by atoms with E-state index in [4.69, 9.17) is 11.6 Å². The number of nitriles is 1. The van der Waals surface area contributed by atoms with Crippen molar-refractivity contribution in [3.63, 3.8) is 0 Å². The van der Waals surface area contributed by atoms with E-state index in [1.807, 2.05) is 55.5 Å². The van der Waals surface area contributed by atoms with Crippen molar-refractivity contribution < 1.29 is 9.59 Å². The molecule has 2 aromatic rings. The quantitative estimate of drug-likeness (QED) is 0.416. The lowest BCUT2D eigenvalue weighted by atomic mass is 9.69. The van der Waals surface area contributed by atoms with Gasteiger partial charge in [0.15, 0.2) is 0 Å². The van der Waals surface area contributed by atoms with Crippen molar-refractivity contribution in [1.82, 2.24) is 10.2 Å². The molecule has 2 amide bonds. The predicted octanol–water partition coefficient (Wildman–Crippen LogP) is 5.93. The third kappa shape index (κ3) is 6.24. The molecule has 1 aliphatic rings. The smallest absolute Gasteiger partial charge is 0.243 e. The van der Waals surface area contributed by atoms with E-state index in [2.05, 4.69) is 25.2 Å². The highest BCUT2D eigenvalue weighted by atomic mass is 35.5. The number of likely N-dealkylation sites (tertiary alicyclic amines) is 1. The lowest BCUT2D eigenvalue weighted by Gasteiger charge is -2.31. The lowest BCUT2D eigenvalue weighted by Crippen LogP contribution is -2.45. The Labute approximate surface area is 214 Å². The molecule has 1 N–H and O–H groups in total. The molecule has 0 saturated carbocycles. The summed E-state index contributed by atoms with van der Waals surface area (Å²) in [5.74, 6) is 0.0601. The summed E-state index contributed by atoms with van der Waals surface area (Å²) in [7, 11) is 0. The third-order valence-corrected chi connectivity index (χ3v) is 7.71. The highest BCUT2D eigenvalue weighted by Gasteiger charge is 2.36. The number of unbranched alkanes of at least 4 members (excludes halogenated alkanes) is 1. The monoisotopic (exact) mass is 493 g/mol. The van der Waals surface area contributed by atoms with Crippen LogP contribution < -0.4 is 5.32 Å². The second-order valence-electron chi connectivity index (χ2n) is 9.81. The predicted molar refractivity (Wildman–Crippen MR) is 140 cm³/mol. The Hall–Kier alpha value is -2.84. The number of amides is 2. The summed E-state index contributed by atoms with van der Waals surface area (Å²) in [5.41, 5.74) is 2.41. The van der Waals surface area contributed by atoms with Gasteiger partial charge in [0.2, 0.25) is 11.8 Å². The van der Waals surface area contributed by atoms with E-state index in [-0.39, 0.29) is 17.7 Å². The molecule has 186 valence electrons. The van der Waals surface area contributed by atoms with Gasteiger partial charge in [0.1, 0.15) is 6.04 Å². The highest BCUT2D eigenvalue weighted by molar-refractivity contribution is 6.31. The number of hydrogen-bond donors (Lipinski definition) is 1. The molecule has 1 fully saturated rings. The van der Waals surface area contributed by atoms with Crippen LogP contribution in [-0.2, 0) is 21.5 Å². The fourth-order valence-electron chi connectivity index (χ4n) is 5.10. The van der Waals surface area contributed by atoms with Gasteiger partial charge in [0.05, 0.1) is 11.5 Å². The maximum absolute atomic E-state index is 13.0. The van der Waals surface area contributed by atoms with Gasteiger partial charge in [-0.15, -0.1) is 0 Å². The molecule has 0 radical (unpaired) electrons. The molecule has 0 spiro atoms. The van der Waals surface area contributed by atoms with Crippen LogP contribution in [0.15, 0.2) is 48.5 Å². The van der Waals surface area contributed by atoms with Gasteiger partial charge < -0.3 is 10.2 Å². The summed E-state index contributed by atoms with van der Waals surface area (Å²) < 4.78 is 0. The first kappa shape index (κ1) is 26.8. The maximum atomic E-state index is 13.0. The van der Waals surface area contributed by atoms with Crippen molar-refractivity contribution in [2.24, 2.45) is 5.92 Å². The number of carbonyl (C=O) groups excluding carboxylic acids is 2. The average molecular weight is 494 g/mol. The van der Waals surface area contributed by atoms with Gasteiger partial charge in [0, 0.05) is 24.5 Å². The zero-order valence-electron chi connectivity index (χ0n) is 21.0. The summed E-state index contributed by atoms with van der Waals surface area (Å²) in [6.07, 6.45) is 4.08. The molecule has 0 aromatic heterocycles. The fraction of sp³-hybridized carbons (Fsp3) is 0.483. The number of rotatable bonds is 10. The average Bonchev–Trinajstić information content (AvgIpc) is 3.34. The van der Waals surface area contributed by atoms with Crippen LogP contribution in [0.3, 0.4) is 0 Å². The molecule has 1 heterocycles. The molecule has 1 saturated heterocycles. The second kappa shape index (κ2) is 12.2. The lowest BCUT2D eigenvalue weighted by molar-refractivity contribution is -0.138. The third-order valence-electron chi connectivity index (χ3n) is 7.35. The van der Waals surface area contributed by atoms with Gasteiger partial charge in [-0.05, 0) is 61.3 Å². The van der Waals surface area contributed by atoms with Gasteiger partial charge in [-0.1, -0.05) is 74.3 Å². The summed E-state index contributed by atoms with van der Waals surface area (Å²) in [6.45, 7) is 7.10. The summed E-state index contributed by atoms with van der Waals surface area (Å²) >= 11 is 6.29. The fourth-order valence-corrected chi connectivity index (χ4v) is 5.39. The van der Waals surface area contributed by atoms with Crippen molar-refractivity contribution in [1.29, 1.82) is 5.26 Å². The Balaban J connectivity index is 1.53. The molecule has 6 heteroatoms. The number of nitrogens with zero attached hydrogens (tertiary/aromatic N) is 2. The van der Waals surface area contributed by atoms with Gasteiger partial charge in [-0.25, -0.2) is 0 Å². The van der Waals surface area contributed by atoms with E-state index >= 15 is 0 Å². The molecule has 35 heavy (non-hydrogen) atoms. The van der Waals surface area contributed by atoms with Gasteiger partial charge in [-0.2, -0.15) is 5.26 Å². The van der Waals surface area contributed by atoms with Crippen LogP contribution in [0.4, 0.5) is 0 Å². The van der Waals surface area contributed by atoms with Crippen LogP contribution >= 0.6 is 11.6 Å². The SMILES string of the molecule is Cc1cccc(Cl)c1CNC(=O)[C@H]1CCCN1C(=O)CCCC[C@@](C#N)(c1ccccc1)C(C)C. The van der Waals surface area contributed by atoms with Gasteiger partial charge in [-0.3, -0.25) is 9.59 Å². The molecular formula is C29H36ClN3O2. The Bertz CT molecular complexity index is 1040. The Morgan fingerprint density at radius 3 is 2.57 bits per heavy atom. The molecular weight excluding hydrogens is 458 g/mol. The summed E-state index contributed by atoms with van der Waals surface area (Å²) in [5, 5.41) is 13.7. The van der Waals surface area contributed by atoms with Gasteiger partial charge in [0.25, 0.3) is 0 Å². The molecule has 5 nitrogen and oxygen atoms in total. The van der Waals surface area contributed by atoms with Crippen molar-refractivity contribution in [3.05, 3.63) is 70.2 Å². The topological polar surface area (TPSA) is 73.2 Å². The Morgan fingerprint density at radius 2 is 1.91 bits per heavy atom. The van der Waals surface area contributed by atoms with Crippen LogP contribution in [0.2, 0.25) is 5.02 Å². The number of hydrogen-bond acceptors (Lipinski definition) is 3. The summed E-state index contributed by atoms with van der Waals surface area (Å²) in [4.78, 5) is 27.6. The molecule has 1 aliphatic heterocycles. The molecule has 2 aromatic carbocycles. The van der Waals surface area contributed by atoms with Crippen LogP contribution in [0.1, 0.15) is 69.1 Å². The van der Waals surface area contributed by atoms with Crippen molar-refractivity contribution in [3.8, 4) is 6.07 Å². The molecule has 0 unspecified atom stereocenters. The largest absolute Gasteiger partial charge is 0.350 e. The molecule has 0 bridgehead atoms. The zero-order chi connectivity index (χ0) is 25.4. The van der Waals surface area contributed by atoms with E-state index < -0.39 is 11.5 Å². The van der Waals surface area contributed by atoms with Crippen molar-refractivity contribution in [2.45, 2.75) is 77.3 Å². The Morgan fingerprint density at radius 1 is 1.17 bits per heavy atom. The molecule has 2 atom stereocenters. The van der Waals surface area contributed by atoms with Crippen molar-refractivity contribution >= 4 is 23.4 Å². The van der Waals surface area contributed by atoms with Crippen molar-refractivity contribution in [2.75, 3.05) is 6.54 Å². The highest BCUT2D eigenvalue weighted by Crippen LogP contribution is 2.37. The van der Waals surface area contributed by atoms with E-state index in [1.54, 1.807) is 4.90 Å². The standard InChI is InChI=1S/C29H36ClN3O2/c1-21(2)29(20-31,23-12-5-4-6-13-23)17-8-7-16-27(34)33-18-10-15-26(33)28(35)32-19-24-22(3)11-9-14-25(24)30/h4-6,9,11-14,21,26H,7-8,10,15-19H2,1-3H3,(H,32,35)/t26-,29+/m1/s1. The zero-order valence-corrected chi connectivity index (χ0v) is 21.8. The number of carbonyl (C=O) groups is 2. The van der Waals surface area contributed by atoms with Crippen LogP contribution in [0.5, 0.6) is 0 Å².